The maximum absolute atomic E-state index is 12.7. The van der Waals surface area contributed by atoms with Gasteiger partial charge in [0.1, 0.15) is 0 Å². The summed E-state index contributed by atoms with van der Waals surface area (Å²) >= 11 is 0. The van der Waals surface area contributed by atoms with Gasteiger partial charge in [-0.2, -0.15) is 10.1 Å². The molecule has 0 saturated carbocycles. The van der Waals surface area contributed by atoms with E-state index in [0.29, 0.717) is 30.2 Å². The second-order valence-corrected chi connectivity index (χ2v) is 5.56. The molecule has 0 aromatic carbocycles. The number of aryl methyl sites for hydroxylation is 4. The molecule has 0 aliphatic carbocycles. The molecule has 0 fully saturated rings. The van der Waals surface area contributed by atoms with E-state index in [0.717, 1.165) is 11.4 Å². The van der Waals surface area contributed by atoms with Crippen LogP contribution in [0.4, 0.5) is 0 Å². The molecule has 3 aromatic rings. The Kier molecular flexibility index (Phi) is 3.46. The van der Waals surface area contributed by atoms with Crippen molar-refractivity contribution in [3.8, 4) is 5.95 Å². The number of fused-ring (bicyclic) bond motifs is 1. The molecule has 122 valence electrons. The van der Waals surface area contributed by atoms with Crippen LogP contribution < -0.4 is 11.2 Å². The average Bonchev–Trinajstić information content (AvgIpc) is 3.05. The lowest BCUT2D eigenvalue weighted by Gasteiger charge is -2.08. The molecule has 0 amide bonds. The molecule has 23 heavy (non-hydrogen) atoms. The second kappa shape index (κ2) is 5.22. The van der Waals surface area contributed by atoms with E-state index in [1.54, 1.807) is 18.7 Å². The van der Waals surface area contributed by atoms with Gasteiger partial charge in [0.05, 0.1) is 5.69 Å². The lowest BCUT2D eigenvalue weighted by atomic mass is 10.4. The van der Waals surface area contributed by atoms with Gasteiger partial charge in [-0.05, 0) is 33.8 Å². The fraction of sp³-hybridized carbons (Fsp3) is 0.467. The van der Waals surface area contributed by atoms with Gasteiger partial charge in [0.15, 0.2) is 11.2 Å². The highest BCUT2D eigenvalue weighted by molar-refractivity contribution is 5.72. The van der Waals surface area contributed by atoms with Gasteiger partial charge in [0.25, 0.3) is 5.56 Å². The van der Waals surface area contributed by atoms with Crippen molar-refractivity contribution < 1.29 is 0 Å². The van der Waals surface area contributed by atoms with Crippen LogP contribution in [0.15, 0.2) is 15.7 Å². The highest BCUT2D eigenvalue weighted by Crippen LogP contribution is 2.16. The number of imidazole rings is 1. The van der Waals surface area contributed by atoms with Crippen LogP contribution in [0.25, 0.3) is 17.1 Å². The Bertz CT molecular complexity index is 1020. The Morgan fingerprint density at radius 3 is 2.26 bits per heavy atom. The van der Waals surface area contributed by atoms with Crippen molar-refractivity contribution in [2.45, 2.75) is 40.8 Å². The Hall–Kier alpha value is -2.64. The summed E-state index contributed by atoms with van der Waals surface area (Å²) in [4.78, 5) is 29.5. The first-order valence-corrected chi connectivity index (χ1v) is 7.64. The van der Waals surface area contributed by atoms with Crippen LogP contribution >= 0.6 is 0 Å². The van der Waals surface area contributed by atoms with Gasteiger partial charge >= 0.3 is 5.69 Å². The predicted molar refractivity (Wildman–Crippen MR) is 87.2 cm³/mol. The standard InChI is InChI=1S/C15H20N6O2/c1-6-19-11-12(18(5)15(23)20(7-2)13(11)22)16-14(19)21-10(4)8-9(3)17-21/h8H,6-7H2,1-5H3. The maximum atomic E-state index is 12.7. The summed E-state index contributed by atoms with van der Waals surface area (Å²) in [5, 5.41) is 4.45. The van der Waals surface area contributed by atoms with E-state index in [9.17, 15) is 9.59 Å². The van der Waals surface area contributed by atoms with Crippen molar-refractivity contribution in [2.24, 2.45) is 7.05 Å². The molecule has 0 N–H and O–H groups in total. The maximum Gasteiger partial charge on any atom is 0.332 e. The SMILES string of the molecule is CCn1c(=O)c2c(nc(-n3nc(C)cc3C)n2CC)n(C)c1=O. The van der Waals surface area contributed by atoms with Crippen LogP contribution in [-0.2, 0) is 20.1 Å². The lowest BCUT2D eigenvalue weighted by molar-refractivity contribution is 0.631. The Balaban J connectivity index is 2.50. The molecule has 8 heteroatoms. The first-order chi connectivity index (χ1) is 10.9. The van der Waals surface area contributed by atoms with E-state index >= 15 is 0 Å². The molecule has 0 spiro atoms. The van der Waals surface area contributed by atoms with Gasteiger partial charge in [-0.15, -0.1) is 0 Å². The predicted octanol–water partition coefficient (Wildman–Crippen LogP) is 0.739. The third-order valence-electron chi connectivity index (χ3n) is 4.04. The summed E-state index contributed by atoms with van der Waals surface area (Å²) < 4.78 is 6.16. The fourth-order valence-electron chi connectivity index (χ4n) is 2.93. The van der Waals surface area contributed by atoms with Crippen LogP contribution in [0.2, 0.25) is 0 Å². The first kappa shape index (κ1) is 15.3. The molecular formula is C15H20N6O2. The van der Waals surface area contributed by atoms with E-state index in [1.165, 1.54) is 9.13 Å². The molecule has 0 aliphatic heterocycles. The molecule has 3 aromatic heterocycles. The van der Waals surface area contributed by atoms with Crippen LogP contribution in [-0.4, -0.2) is 28.5 Å². The summed E-state index contributed by atoms with van der Waals surface area (Å²) in [7, 11) is 1.63. The largest absolute Gasteiger partial charge is 0.332 e. The van der Waals surface area contributed by atoms with Crippen molar-refractivity contribution in [2.75, 3.05) is 0 Å². The molecule has 8 nitrogen and oxygen atoms in total. The Morgan fingerprint density at radius 1 is 1.09 bits per heavy atom. The zero-order valence-electron chi connectivity index (χ0n) is 14.0. The van der Waals surface area contributed by atoms with Crippen molar-refractivity contribution >= 4 is 11.2 Å². The smallest absolute Gasteiger partial charge is 0.303 e. The van der Waals surface area contributed by atoms with E-state index < -0.39 is 0 Å². The molecule has 3 heterocycles. The van der Waals surface area contributed by atoms with Gasteiger partial charge in [-0.3, -0.25) is 13.9 Å². The lowest BCUT2D eigenvalue weighted by Crippen LogP contribution is -2.39. The minimum absolute atomic E-state index is 0.312. The van der Waals surface area contributed by atoms with Crippen LogP contribution in [0, 0.1) is 13.8 Å². The molecule has 0 radical (unpaired) electrons. The molecule has 0 atom stereocenters. The minimum Gasteiger partial charge on any atom is -0.303 e. The van der Waals surface area contributed by atoms with Crippen molar-refractivity contribution in [1.29, 1.82) is 0 Å². The first-order valence-electron chi connectivity index (χ1n) is 7.64. The third-order valence-corrected chi connectivity index (χ3v) is 4.04. The van der Waals surface area contributed by atoms with Gasteiger partial charge in [-0.1, -0.05) is 0 Å². The Morgan fingerprint density at radius 2 is 1.74 bits per heavy atom. The molecular weight excluding hydrogens is 296 g/mol. The van der Waals surface area contributed by atoms with Crippen LogP contribution in [0.1, 0.15) is 25.2 Å². The Labute approximate surface area is 132 Å². The summed E-state index contributed by atoms with van der Waals surface area (Å²) in [5.74, 6) is 0.550. The fourth-order valence-corrected chi connectivity index (χ4v) is 2.93. The van der Waals surface area contributed by atoms with Gasteiger partial charge in [0, 0.05) is 25.8 Å². The number of nitrogens with zero attached hydrogens (tertiary/aromatic N) is 6. The van der Waals surface area contributed by atoms with E-state index in [4.69, 9.17) is 0 Å². The van der Waals surface area contributed by atoms with E-state index in [2.05, 4.69) is 10.1 Å². The number of hydrogen-bond acceptors (Lipinski definition) is 4. The second-order valence-electron chi connectivity index (χ2n) is 5.56. The van der Waals surface area contributed by atoms with Gasteiger partial charge in [0.2, 0.25) is 5.95 Å². The highest BCUT2D eigenvalue weighted by Gasteiger charge is 2.21. The third kappa shape index (κ3) is 2.05. The number of rotatable bonds is 3. The molecule has 0 bridgehead atoms. The topological polar surface area (TPSA) is 79.6 Å². The molecule has 0 saturated heterocycles. The average molecular weight is 316 g/mol. The van der Waals surface area contributed by atoms with E-state index in [-0.39, 0.29) is 11.2 Å². The van der Waals surface area contributed by atoms with Crippen LogP contribution in [0.3, 0.4) is 0 Å². The zero-order chi connectivity index (χ0) is 16.9. The van der Waals surface area contributed by atoms with Crippen molar-refractivity contribution in [3.63, 3.8) is 0 Å². The summed E-state index contributed by atoms with van der Waals surface area (Å²) in [6.45, 7) is 8.44. The molecule has 0 aliphatic rings. The monoisotopic (exact) mass is 316 g/mol. The number of aromatic nitrogens is 6. The van der Waals surface area contributed by atoms with Crippen molar-refractivity contribution in [3.05, 3.63) is 38.3 Å². The molecule has 0 unspecified atom stereocenters. The summed E-state index contributed by atoms with van der Waals surface area (Å²) in [5.41, 5.74) is 1.94. The van der Waals surface area contributed by atoms with Gasteiger partial charge in [-0.25, -0.2) is 9.48 Å². The zero-order valence-corrected chi connectivity index (χ0v) is 14.0. The highest BCUT2D eigenvalue weighted by atomic mass is 16.2. The summed E-state index contributed by atoms with van der Waals surface area (Å²) in [6.07, 6.45) is 0. The number of hydrogen-bond donors (Lipinski definition) is 0. The normalized spacial score (nSPS) is 11.5. The quantitative estimate of drug-likeness (QED) is 0.714. The van der Waals surface area contributed by atoms with Gasteiger partial charge < -0.3 is 4.57 Å². The minimum atomic E-state index is -0.356. The summed E-state index contributed by atoms with van der Waals surface area (Å²) in [6, 6.07) is 1.95. The van der Waals surface area contributed by atoms with Crippen molar-refractivity contribution in [1.82, 2.24) is 28.5 Å². The van der Waals surface area contributed by atoms with Crippen LogP contribution in [0.5, 0.6) is 0 Å². The molecule has 3 rings (SSSR count). The van der Waals surface area contributed by atoms with E-state index in [1.807, 2.05) is 31.4 Å².